The lowest BCUT2D eigenvalue weighted by Crippen LogP contribution is -2.49. The van der Waals surface area contributed by atoms with E-state index in [4.69, 9.17) is 9.65 Å². The number of rotatable bonds is 7. The Hall–Kier alpha value is -3.97. The zero-order chi connectivity index (χ0) is 28.6. The third-order valence-electron chi connectivity index (χ3n) is 8.42. The molecule has 0 amide bonds. The fourth-order valence-electron chi connectivity index (χ4n) is 5.22. The lowest BCUT2D eigenvalue weighted by Gasteiger charge is -2.37. The highest BCUT2D eigenvalue weighted by atomic mass is 16.5. The molecule has 3 N–H and O–H groups in total. The van der Waals surface area contributed by atoms with E-state index in [0.717, 1.165) is 38.8 Å². The van der Waals surface area contributed by atoms with Gasteiger partial charge in [-0.2, -0.15) is 0 Å². The van der Waals surface area contributed by atoms with Gasteiger partial charge in [0.1, 0.15) is 18.2 Å². The van der Waals surface area contributed by atoms with Crippen LogP contribution in [0.2, 0.25) is 0 Å². The first kappa shape index (κ1) is 27.2. The van der Waals surface area contributed by atoms with Crippen LogP contribution < -0.4 is 16.1 Å². The Balaban J connectivity index is 1.39. The summed E-state index contributed by atoms with van der Waals surface area (Å²) in [6.45, 7) is 7.42. The number of nitrogens with zero attached hydrogens (tertiary/aromatic N) is 1. The fraction of sp³-hybridized carbons (Fsp3) is 0.229. The van der Waals surface area contributed by atoms with E-state index < -0.39 is 11.2 Å². The second-order valence-electron chi connectivity index (χ2n) is 11.8. The Morgan fingerprint density at radius 2 is 1.46 bits per heavy atom. The molecular formula is C35H36BN3O2. The van der Waals surface area contributed by atoms with Crippen LogP contribution in [-0.2, 0) is 4.65 Å². The Kier molecular flexibility index (Phi) is 7.16. The lowest BCUT2D eigenvalue weighted by molar-refractivity contribution is -0.0893. The summed E-state index contributed by atoms with van der Waals surface area (Å²) in [7, 11) is 0.403. The monoisotopic (exact) mass is 541 g/mol. The molecule has 1 aliphatic rings. The maximum Gasteiger partial charge on any atom is 0.310 e. The number of nitrogens with one attached hydrogen (secondary N) is 2. The maximum atomic E-state index is 10.6. The summed E-state index contributed by atoms with van der Waals surface area (Å²) in [5.41, 5.74) is 2.72. The van der Waals surface area contributed by atoms with Gasteiger partial charge in [-0.1, -0.05) is 103 Å². The number of aliphatic hydroxyl groups is 1. The van der Waals surface area contributed by atoms with Crippen molar-refractivity contribution in [2.45, 2.75) is 51.2 Å². The quantitative estimate of drug-likeness (QED) is 0.226. The largest absolute Gasteiger partial charge is 0.427 e. The minimum atomic E-state index is -0.969. The molecule has 0 fully saturated rings. The van der Waals surface area contributed by atoms with Gasteiger partial charge in [-0.05, 0) is 71.9 Å². The van der Waals surface area contributed by atoms with Crippen molar-refractivity contribution in [3.8, 4) is 0 Å². The number of hydrogen-bond donors (Lipinski definition) is 3. The lowest BCUT2D eigenvalue weighted by atomic mass is 9.79. The topological polar surface area (TPSA) is 65.9 Å². The average molecular weight is 542 g/mol. The Labute approximate surface area is 242 Å². The van der Waals surface area contributed by atoms with E-state index in [2.05, 4.69) is 114 Å². The molecule has 0 spiro atoms. The molecule has 41 heavy (non-hydrogen) atoms. The third-order valence-corrected chi connectivity index (χ3v) is 8.42. The van der Waals surface area contributed by atoms with Crippen LogP contribution in [0.3, 0.4) is 0 Å². The normalized spacial score (nSPS) is 17.7. The van der Waals surface area contributed by atoms with E-state index in [9.17, 15) is 5.11 Å². The molecule has 5 nitrogen and oxygen atoms in total. The van der Waals surface area contributed by atoms with Crippen LogP contribution in [0.1, 0.15) is 56.7 Å². The standard InChI is InChI=1S/C35H36BN3O2/c1-34(2,40)35(3,4)41-36-30-19-11-16-27-28(30)17-10-18-29(27)33-38-31(24-13-6-5-7-14-24)37-32(39-33)26-21-20-23-12-8-9-15-25(23)22-26/h5-22,31,33,36,38,40H,1-4H3,(H,37,39). The van der Waals surface area contributed by atoms with Crippen molar-refractivity contribution in [2.75, 3.05) is 0 Å². The molecule has 0 saturated carbocycles. The van der Waals surface area contributed by atoms with Crippen molar-refractivity contribution in [2.24, 2.45) is 4.99 Å². The van der Waals surface area contributed by atoms with Crippen LogP contribution in [0.15, 0.2) is 114 Å². The predicted molar refractivity (Wildman–Crippen MR) is 171 cm³/mol. The van der Waals surface area contributed by atoms with Gasteiger partial charge < -0.3 is 15.1 Å². The first-order chi connectivity index (χ1) is 19.7. The van der Waals surface area contributed by atoms with E-state index in [1.807, 2.05) is 19.9 Å². The predicted octanol–water partition coefficient (Wildman–Crippen LogP) is 5.87. The van der Waals surface area contributed by atoms with Crippen molar-refractivity contribution in [3.63, 3.8) is 0 Å². The van der Waals surface area contributed by atoms with E-state index in [1.165, 1.54) is 10.8 Å². The van der Waals surface area contributed by atoms with Crippen LogP contribution in [0.4, 0.5) is 0 Å². The van der Waals surface area contributed by atoms with E-state index >= 15 is 0 Å². The SMILES string of the molecule is CC(C)(O)C(C)(C)OBc1cccc2c(C3NC(c4ccc5ccccc5c4)=NC(c4ccccc4)N3)cccc12. The Bertz CT molecular complexity index is 1730. The first-order valence-electron chi connectivity index (χ1n) is 14.2. The van der Waals surface area contributed by atoms with Gasteiger partial charge in [-0.15, -0.1) is 0 Å². The van der Waals surface area contributed by atoms with Gasteiger partial charge in [0.25, 0.3) is 0 Å². The molecule has 0 aliphatic carbocycles. The second kappa shape index (κ2) is 10.8. The molecule has 0 bridgehead atoms. The molecule has 5 aromatic rings. The minimum Gasteiger partial charge on any atom is -0.427 e. The highest BCUT2D eigenvalue weighted by Crippen LogP contribution is 2.30. The highest BCUT2D eigenvalue weighted by Gasteiger charge is 2.36. The molecule has 2 unspecified atom stereocenters. The van der Waals surface area contributed by atoms with Gasteiger partial charge in [0.2, 0.25) is 0 Å². The van der Waals surface area contributed by atoms with E-state index in [-0.39, 0.29) is 12.3 Å². The zero-order valence-corrected chi connectivity index (χ0v) is 24.1. The molecule has 0 saturated heterocycles. The summed E-state index contributed by atoms with van der Waals surface area (Å²) < 4.78 is 6.26. The van der Waals surface area contributed by atoms with Gasteiger partial charge in [0, 0.05) is 5.56 Å². The maximum absolute atomic E-state index is 10.6. The van der Waals surface area contributed by atoms with E-state index in [1.54, 1.807) is 13.8 Å². The van der Waals surface area contributed by atoms with Crippen molar-refractivity contribution in [3.05, 3.63) is 126 Å². The number of benzene rings is 5. The van der Waals surface area contributed by atoms with E-state index in [0.29, 0.717) is 7.48 Å². The van der Waals surface area contributed by atoms with Crippen LogP contribution in [0.5, 0.6) is 0 Å². The summed E-state index contributed by atoms with van der Waals surface area (Å²) in [5.74, 6) is 0.858. The molecular weight excluding hydrogens is 505 g/mol. The van der Waals surface area contributed by atoms with Crippen molar-refractivity contribution >= 4 is 40.3 Å². The zero-order valence-electron chi connectivity index (χ0n) is 24.1. The smallest absolute Gasteiger partial charge is 0.310 e. The van der Waals surface area contributed by atoms with Gasteiger partial charge in [0.15, 0.2) is 0 Å². The molecule has 206 valence electrons. The van der Waals surface area contributed by atoms with Crippen LogP contribution in [-0.4, -0.2) is 29.6 Å². The summed E-state index contributed by atoms with van der Waals surface area (Å²) in [6.07, 6.45) is -0.384. The van der Waals surface area contributed by atoms with Crippen LogP contribution >= 0.6 is 0 Å². The van der Waals surface area contributed by atoms with Crippen molar-refractivity contribution in [1.29, 1.82) is 0 Å². The molecule has 0 aromatic heterocycles. The molecule has 1 heterocycles. The Morgan fingerprint density at radius 1 is 0.756 bits per heavy atom. The summed E-state index contributed by atoms with van der Waals surface area (Å²) in [6, 6.07) is 38.0. The fourth-order valence-corrected chi connectivity index (χ4v) is 5.22. The molecule has 0 radical (unpaired) electrons. The Morgan fingerprint density at radius 3 is 2.24 bits per heavy atom. The van der Waals surface area contributed by atoms with Gasteiger partial charge >= 0.3 is 7.48 Å². The van der Waals surface area contributed by atoms with Gasteiger partial charge in [-0.25, -0.2) is 4.99 Å². The van der Waals surface area contributed by atoms with Crippen molar-refractivity contribution in [1.82, 2.24) is 10.6 Å². The molecule has 6 rings (SSSR count). The summed E-state index contributed by atoms with van der Waals surface area (Å²) >= 11 is 0. The first-order valence-corrected chi connectivity index (χ1v) is 14.2. The second-order valence-corrected chi connectivity index (χ2v) is 11.8. The average Bonchev–Trinajstić information content (AvgIpc) is 2.99. The number of amidine groups is 1. The highest BCUT2D eigenvalue weighted by molar-refractivity contribution is 6.51. The van der Waals surface area contributed by atoms with Crippen LogP contribution in [0, 0.1) is 0 Å². The molecule has 6 heteroatoms. The van der Waals surface area contributed by atoms with Crippen molar-refractivity contribution < 1.29 is 9.76 Å². The summed E-state index contributed by atoms with van der Waals surface area (Å²) in [4.78, 5) is 5.13. The minimum absolute atomic E-state index is 0.174. The van der Waals surface area contributed by atoms with Crippen LogP contribution in [0.25, 0.3) is 21.5 Å². The third kappa shape index (κ3) is 5.51. The molecule has 1 aliphatic heterocycles. The van der Waals surface area contributed by atoms with Gasteiger partial charge in [-0.3, -0.25) is 5.32 Å². The number of aliphatic imine (C=N–C) groups is 1. The molecule has 2 atom stereocenters. The number of hydrogen-bond acceptors (Lipinski definition) is 5. The van der Waals surface area contributed by atoms with Gasteiger partial charge in [0.05, 0.1) is 11.2 Å². The molecule has 5 aromatic carbocycles. The summed E-state index contributed by atoms with van der Waals surface area (Å²) in [5, 5.41) is 22.7. The number of fused-ring (bicyclic) bond motifs is 2.